The van der Waals surface area contributed by atoms with E-state index in [0.29, 0.717) is 21.3 Å². The number of carbonyl (C=O) groups excluding carboxylic acids is 2. The van der Waals surface area contributed by atoms with Crippen molar-refractivity contribution in [1.29, 1.82) is 0 Å². The lowest BCUT2D eigenvalue weighted by Gasteiger charge is -2.15. The Morgan fingerprint density at radius 1 is 1.16 bits per heavy atom. The molecule has 25 heavy (non-hydrogen) atoms. The van der Waals surface area contributed by atoms with E-state index in [1.165, 1.54) is 42.3 Å². The molecule has 7 heteroatoms. The normalized spacial score (nSPS) is 10.7. The Bertz CT molecular complexity index is 824. The van der Waals surface area contributed by atoms with E-state index >= 15 is 0 Å². The highest BCUT2D eigenvalue weighted by molar-refractivity contribution is 6.42. The molecule has 0 aliphatic heterocycles. The van der Waals surface area contributed by atoms with Gasteiger partial charge in [0.15, 0.2) is 0 Å². The van der Waals surface area contributed by atoms with Gasteiger partial charge < -0.3 is 10.2 Å². The summed E-state index contributed by atoms with van der Waals surface area (Å²) in [4.78, 5) is 25.2. The third-order valence-electron chi connectivity index (χ3n) is 3.23. The van der Waals surface area contributed by atoms with Gasteiger partial charge in [-0.1, -0.05) is 35.3 Å². The highest BCUT2D eigenvalue weighted by Crippen LogP contribution is 2.24. The standard InChI is InChI=1S/C18H15Cl2FN2O2/c1-23(18(25)8-5-12-3-2-4-13(21)9-12)11-17(24)22-14-6-7-15(19)16(20)10-14/h2-10H,11H2,1H3,(H,22,24)/b8-5+. The monoisotopic (exact) mass is 380 g/mol. The number of nitrogens with one attached hydrogen (secondary N) is 1. The molecule has 0 spiro atoms. The predicted octanol–water partition coefficient (Wildman–Crippen LogP) is 4.24. The molecule has 2 aromatic rings. The molecule has 0 aliphatic rings. The fourth-order valence-corrected chi connectivity index (χ4v) is 2.27. The lowest BCUT2D eigenvalue weighted by molar-refractivity contribution is -0.129. The second kappa shape index (κ2) is 8.65. The number of hydrogen-bond donors (Lipinski definition) is 1. The molecule has 0 saturated heterocycles. The number of carbonyl (C=O) groups is 2. The summed E-state index contributed by atoms with van der Waals surface area (Å²) in [6, 6.07) is 10.5. The second-order valence-corrected chi connectivity index (χ2v) is 6.07. The Balaban J connectivity index is 1.91. The molecule has 2 amide bonds. The fourth-order valence-electron chi connectivity index (χ4n) is 1.97. The Morgan fingerprint density at radius 2 is 1.92 bits per heavy atom. The Morgan fingerprint density at radius 3 is 2.60 bits per heavy atom. The minimum atomic E-state index is -0.385. The van der Waals surface area contributed by atoms with Gasteiger partial charge in [-0.2, -0.15) is 0 Å². The molecule has 0 bridgehead atoms. The van der Waals surface area contributed by atoms with Crippen LogP contribution in [0.5, 0.6) is 0 Å². The molecule has 0 unspecified atom stereocenters. The van der Waals surface area contributed by atoms with Gasteiger partial charge in [0, 0.05) is 18.8 Å². The van der Waals surface area contributed by atoms with Crippen molar-refractivity contribution in [2.75, 3.05) is 18.9 Å². The summed E-state index contributed by atoms with van der Waals surface area (Å²) < 4.78 is 13.1. The quantitative estimate of drug-likeness (QED) is 0.788. The maximum absolute atomic E-state index is 13.1. The largest absolute Gasteiger partial charge is 0.333 e. The summed E-state index contributed by atoms with van der Waals surface area (Å²) in [5, 5.41) is 3.33. The number of hydrogen-bond acceptors (Lipinski definition) is 2. The van der Waals surface area contributed by atoms with E-state index in [2.05, 4.69) is 5.32 Å². The van der Waals surface area contributed by atoms with Crippen LogP contribution in [0.15, 0.2) is 48.5 Å². The van der Waals surface area contributed by atoms with Crippen LogP contribution in [0, 0.1) is 5.82 Å². The van der Waals surface area contributed by atoms with Crippen LogP contribution in [0.1, 0.15) is 5.56 Å². The summed E-state index contributed by atoms with van der Waals surface area (Å²) in [7, 11) is 1.49. The SMILES string of the molecule is CN(CC(=O)Nc1ccc(Cl)c(Cl)c1)C(=O)/C=C/c1cccc(F)c1. The molecule has 0 fully saturated rings. The number of nitrogens with zero attached hydrogens (tertiary/aromatic N) is 1. The van der Waals surface area contributed by atoms with Crippen molar-refractivity contribution in [3.8, 4) is 0 Å². The third kappa shape index (κ3) is 5.89. The first-order valence-electron chi connectivity index (χ1n) is 7.29. The van der Waals surface area contributed by atoms with E-state index in [-0.39, 0.29) is 24.2 Å². The number of benzene rings is 2. The zero-order valence-electron chi connectivity index (χ0n) is 13.3. The highest BCUT2D eigenvalue weighted by atomic mass is 35.5. The van der Waals surface area contributed by atoms with Crippen LogP contribution < -0.4 is 5.32 Å². The topological polar surface area (TPSA) is 49.4 Å². The lowest BCUT2D eigenvalue weighted by atomic mass is 10.2. The first-order chi connectivity index (χ1) is 11.8. The molecule has 0 aliphatic carbocycles. The Hall–Kier alpha value is -2.37. The van der Waals surface area contributed by atoms with Gasteiger partial charge in [0.2, 0.25) is 11.8 Å². The van der Waals surface area contributed by atoms with E-state index in [9.17, 15) is 14.0 Å². The van der Waals surface area contributed by atoms with E-state index in [0.717, 1.165) is 0 Å². The van der Waals surface area contributed by atoms with E-state index < -0.39 is 0 Å². The number of anilines is 1. The molecule has 4 nitrogen and oxygen atoms in total. The van der Waals surface area contributed by atoms with Crippen molar-refractivity contribution in [3.05, 3.63) is 70.0 Å². The summed E-state index contributed by atoms with van der Waals surface area (Å²) in [6.07, 6.45) is 2.76. The summed E-state index contributed by atoms with van der Waals surface area (Å²) in [6.45, 7) is -0.146. The van der Waals surface area contributed by atoms with E-state index in [4.69, 9.17) is 23.2 Å². The van der Waals surface area contributed by atoms with Gasteiger partial charge in [0.05, 0.1) is 16.6 Å². The van der Waals surface area contributed by atoms with Crippen LogP contribution in [-0.4, -0.2) is 30.3 Å². The fraction of sp³-hybridized carbons (Fsp3) is 0.111. The van der Waals surface area contributed by atoms with Crippen molar-refractivity contribution in [1.82, 2.24) is 4.90 Å². The molecule has 0 heterocycles. The van der Waals surface area contributed by atoms with Crippen molar-refractivity contribution in [2.45, 2.75) is 0 Å². The van der Waals surface area contributed by atoms with Crippen molar-refractivity contribution < 1.29 is 14.0 Å². The summed E-state index contributed by atoms with van der Waals surface area (Å²) in [5.74, 6) is -1.15. The predicted molar refractivity (Wildman–Crippen MR) is 98.2 cm³/mol. The van der Waals surface area contributed by atoms with Crippen LogP contribution in [0.25, 0.3) is 6.08 Å². The first kappa shape index (κ1) is 19.0. The Kier molecular flexibility index (Phi) is 6.56. The zero-order valence-corrected chi connectivity index (χ0v) is 14.8. The average molecular weight is 381 g/mol. The minimum Gasteiger partial charge on any atom is -0.333 e. The van der Waals surface area contributed by atoms with Crippen LogP contribution in [-0.2, 0) is 9.59 Å². The molecular formula is C18H15Cl2FN2O2. The van der Waals surface area contributed by atoms with Crippen molar-refractivity contribution in [2.24, 2.45) is 0 Å². The number of likely N-dealkylation sites (N-methyl/N-ethyl adjacent to an activating group) is 1. The van der Waals surface area contributed by atoms with Gasteiger partial charge in [-0.25, -0.2) is 4.39 Å². The molecule has 2 rings (SSSR count). The van der Waals surface area contributed by atoms with Gasteiger partial charge in [-0.05, 0) is 42.0 Å². The molecule has 0 aromatic heterocycles. The van der Waals surface area contributed by atoms with Crippen LogP contribution in [0.4, 0.5) is 10.1 Å². The molecule has 0 saturated carbocycles. The molecule has 2 aromatic carbocycles. The molecule has 1 N–H and O–H groups in total. The van der Waals surface area contributed by atoms with Crippen molar-refractivity contribution >= 4 is 46.8 Å². The minimum absolute atomic E-state index is 0.146. The zero-order chi connectivity index (χ0) is 18.4. The smallest absolute Gasteiger partial charge is 0.246 e. The van der Waals surface area contributed by atoms with Crippen LogP contribution in [0.2, 0.25) is 10.0 Å². The van der Waals surface area contributed by atoms with Crippen LogP contribution >= 0.6 is 23.2 Å². The molecule has 0 atom stereocenters. The summed E-state index contributed by atoms with van der Waals surface area (Å²) >= 11 is 11.7. The second-order valence-electron chi connectivity index (χ2n) is 5.26. The number of amides is 2. The lowest BCUT2D eigenvalue weighted by Crippen LogP contribution is -2.33. The van der Waals surface area contributed by atoms with Crippen molar-refractivity contribution in [3.63, 3.8) is 0 Å². The van der Waals surface area contributed by atoms with Gasteiger partial charge in [-0.15, -0.1) is 0 Å². The number of rotatable bonds is 5. The molecular weight excluding hydrogens is 366 g/mol. The van der Waals surface area contributed by atoms with E-state index in [1.54, 1.807) is 24.3 Å². The summed E-state index contributed by atoms with van der Waals surface area (Å²) in [5.41, 5.74) is 1.04. The maximum atomic E-state index is 13.1. The van der Waals surface area contributed by atoms with Gasteiger partial charge in [0.25, 0.3) is 0 Å². The highest BCUT2D eigenvalue weighted by Gasteiger charge is 2.11. The third-order valence-corrected chi connectivity index (χ3v) is 3.97. The number of halogens is 3. The average Bonchev–Trinajstić information content (AvgIpc) is 2.56. The van der Waals surface area contributed by atoms with Gasteiger partial charge in [0.1, 0.15) is 5.82 Å². The van der Waals surface area contributed by atoms with Crippen LogP contribution in [0.3, 0.4) is 0 Å². The molecule has 0 radical (unpaired) electrons. The van der Waals surface area contributed by atoms with Gasteiger partial charge >= 0.3 is 0 Å². The maximum Gasteiger partial charge on any atom is 0.246 e. The first-order valence-corrected chi connectivity index (χ1v) is 8.04. The molecule has 130 valence electrons. The van der Waals surface area contributed by atoms with E-state index in [1.807, 2.05) is 0 Å². The Labute approximate surface area is 154 Å². The van der Waals surface area contributed by atoms with Gasteiger partial charge in [-0.3, -0.25) is 9.59 Å².